The third-order valence-corrected chi connectivity index (χ3v) is 4.06. The van der Waals surface area contributed by atoms with Gasteiger partial charge in [-0.15, -0.1) is 0 Å². The average molecular weight is 270 g/mol. The van der Waals surface area contributed by atoms with Crippen LogP contribution in [-0.2, 0) is 9.59 Å². The van der Waals surface area contributed by atoms with E-state index in [0.29, 0.717) is 13.0 Å². The van der Waals surface area contributed by atoms with Crippen LogP contribution in [0.15, 0.2) is 0 Å². The van der Waals surface area contributed by atoms with Gasteiger partial charge >= 0.3 is 5.97 Å². The zero-order valence-corrected chi connectivity index (χ0v) is 12.3. The molecule has 1 aliphatic heterocycles. The van der Waals surface area contributed by atoms with Gasteiger partial charge in [-0.1, -0.05) is 27.7 Å². The summed E-state index contributed by atoms with van der Waals surface area (Å²) in [6, 6.07) is -0.788. The van der Waals surface area contributed by atoms with E-state index in [1.165, 1.54) is 0 Å². The number of hydrogen-bond donors (Lipinski definition) is 3. The summed E-state index contributed by atoms with van der Waals surface area (Å²) in [5, 5.41) is 15.1. The number of carboxylic acid groups (broad SMARTS) is 1. The van der Waals surface area contributed by atoms with Crippen LogP contribution in [0, 0.1) is 17.3 Å². The molecule has 0 aliphatic carbocycles. The topological polar surface area (TPSA) is 78.4 Å². The van der Waals surface area contributed by atoms with Gasteiger partial charge in [-0.25, -0.2) is 4.79 Å². The van der Waals surface area contributed by atoms with Crippen molar-refractivity contribution in [3.05, 3.63) is 0 Å². The molecule has 1 saturated heterocycles. The predicted molar refractivity (Wildman–Crippen MR) is 73.8 cm³/mol. The molecule has 1 unspecified atom stereocenters. The summed E-state index contributed by atoms with van der Waals surface area (Å²) in [7, 11) is 0. The van der Waals surface area contributed by atoms with Gasteiger partial charge in [0.15, 0.2) is 0 Å². The molecule has 1 heterocycles. The van der Waals surface area contributed by atoms with Gasteiger partial charge in [0.2, 0.25) is 5.91 Å². The Labute approximate surface area is 115 Å². The van der Waals surface area contributed by atoms with Crippen molar-refractivity contribution in [2.45, 2.75) is 46.6 Å². The molecule has 0 saturated carbocycles. The third-order valence-electron chi connectivity index (χ3n) is 4.06. The smallest absolute Gasteiger partial charge is 0.326 e. The minimum atomic E-state index is -0.952. The molecular formula is C14H26N2O3. The quantitative estimate of drug-likeness (QED) is 0.678. The minimum Gasteiger partial charge on any atom is -0.480 e. The number of carbonyl (C=O) groups excluding carboxylic acids is 1. The van der Waals surface area contributed by atoms with Crippen molar-refractivity contribution in [1.82, 2.24) is 10.6 Å². The van der Waals surface area contributed by atoms with Gasteiger partial charge in [0, 0.05) is 6.54 Å². The predicted octanol–water partition coefficient (Wildman–Crippen LogP) is 1.24. The van der Waals surface area contributed by atoms with E-state index in [1.54, 1.807) is 0 Å². The first-order valence-electron chi connectivity index (χ1n) is 7.04. The van der Waals surface area contributed by atoms with E-state index in [4.69, 9.17) is 0 Å². The van der Waals surface area contributed by atoms with E-state index in [2.05, 4.69) is 10.6 Å². The fourth-order valence-corrected chi connectivity index (χ4v) is 2.65. The van der Waals surface area contributed by atoms with Gasteiger partial charge in [0.25, 0.3) is 0 Å². The lowest BCUT2D eigenvalue weighted by atomic mass is 9.75. The fourth-order valence-electron chi connectivity index (χ4n) is 2.65. The van der Waals surface area contributed by atoms with Crippen molar-refractivity contribution < 1.29 is 14.7 Å². The van der Waals surface area contributed by atoms with Gasteiger partial charge in [-0.3, -0.25) is 4.79 Å². The second-order valence-electron chi connectivity index (χ2n) is 6.23. The van der Waals surface area contributed by atoms with Crippen LogP contribution in [-0.4, -0.2) is 36.1 Å². The molecule has 1 amide bonds. The molecule has 110 valence electrons. The summed E-state index contributed by atoms with van der Waals surface area (Å²) in [5.41, 5.74) is -0.468. The Morgan fingerprint density at radius 1 is 1.32 bits per heavy atom. The maximum atomic E-state index is 12.5. The molecule has 0 aromatic carbocycles. The molecule has 0 aromatic heterocycles. The number of rotatable bonds is 6. The Hall–Kier alpha value is -1.10. The van der Waals surface area contributed by atoms with Crippen molar-refractivity contribution in [3.63, 3.8) is 0 Å². The number of amides is 1. The summed E-state index contributed by atoms with van der Waals surface area (Å²) < 4.78 is 0. The average Bonchev–Trinajstić information content (AvgIpc) is 2.77. The van der Waals surface area contributed by atoms with Gasteiger partial charge in [-0.05, 0) is 31.2 Å². The Balaban J connectivity index is 2.77. The molecule has 1 aliphatic rings. The van der Waals surface area contributed by atoms with E-state index in [9.17, 15) is 14.7 Å². The third kappa shape index (κ3) is 3.69. The molecule has 2 atom stereocenters. The minimum absolute atomic E-state index is 0.124. The molecule has 1 fully saturated rings. The van der Waals surface area contributed by atoms with Crippen molar-refractivity contribution in [1.29, 1.82) is 0 Å². The highest BCUT2D eigenvalue weighted by atomic mass is 16.4. The molecule has 0 spiro atoms. The van der Waals surface area contributed by atoms with Gasteiger partial charge in [0.05, 0.1) is 5.41 Å². The SMILES string of the molecule is CC(C)C[C@H](NC(=O)C1(C(C)C)CCNC1)C(=O)O. The monoisotopic (exact) mass is 270 g/mol. The van der Waals surface area contributed by atoms with Gasteiger partial charge in [0.1, 0.15) is 6.04 Å². The number of carboxylic acids is 1. The normalized spacial score (nSPS) is 24.7. The number of aliphatic carboxylic acids is 1. The summed E-state index contributed by atoms with van der Waals surface area (Å²) in [6.45, 7) is 9.39. The lowest BCUT2D eigenvalue weighted by molar-refractivity contribution is -0.145. The number of hydrogen-bond acceptors (Lipinski definition) is 3. The number of carbonyl (C=O) groups is 2. The Bertz CT molecular complexity index is 334. The molecule has 0 radical (unpaired) electrons. The van der Waals surface area contributed by atoms with E-state index < -0.39 is 17.4 Å². The van der Waals surface area contributed by atoms with Crippen LogP contribution in [0.2, 0.25) is 0 Å². The van der Waals surface area contributed by atoms with Crippen LogP contribution in [0.5, 0.6) is 0 Å². The molecule has 5 heteroatoms. The summed E-state index contributed by atoms with van der Waals surface area (Å²) in [5.74, 6) is -0.651. The molecule has 0 aromatic rings. The zero-order valence-electron chi connectivity index (χ0n) is 12.3. The van der Waals surface area contributed by atoms with E-state index in [-0.39, 0.29) is 17.7 Å². The highest BCUT2D eigenvalue weighted by Crippen LogP contribution is 2.34. The van der Waals surface area contributed by atoms with Crippen molar-refractivity contribution in [3.8, 4) is 0 Å². The summed E-state index contributed by atoms with van der Waals surface area (Å²) in [4.78, 5) is 23.7. The van der Waals surface area contributed by atoms with Crippen LogP contribution in [0.3, 0.4) is 0 Å². The van der Waals surface area contributed by atoms with Gasteiger partial charge in [-0.2, -0.15) is 0 Å². The fraction of sp³-hybridized carbons (Fsp3) is 0.857. The Morgan fingerprint density at radius 2 is 1.95 bits per heavy atom. The van der Waals surface area contributed by atoms with Crippen molar-refractivity contribution >= 4 is 11.9 Å². The molecule has 5 nitrogen and oxygen atoms in total. The molecule has 19 heavy (non-hydrogen) atoms. The standard InChI is InChI=1S/C14H26N2O3/c1-9(2)7-11(12(17)18)16-13(19)14(10(3)4)5-6-15-8-14/h9-11,15H,5-8H2,1-4H3,(H,16,19)(H,17,18)/t11-,14?/m0/s1. The lowest BCUT2D eigenvalue weighted by Crippen LogP contribution is -2.51. The van der Waals surface area contributed by atoms with Crippen LogP contribution in [0.25, 0.3) is 0 Å². The van der Waals surface area contributed by atoms with Crippen LogP contribution in [0.4, 0.5) is 0 Å². The second kappa shape index (κ2) is 6.37. The van der Waals surface area contributed by atoms with E-state index in [0.717, 1.165) is 13.0 Å². The maximum Gasteiger partial charge on any atom is 0.326 e. The van der Waals surface area contributed by atoms with Crippen LogP contribution < -0.4 is 10.6 Å². The Kier molecular flexibility index (Phi) is 5.35. The second-order valence-corrected chi connectivity index (χ2v) is 6.23. The van der Waals surface area contributed by atoms with E-state index >= 15 is 0 Å². The summed E-state index contributed by atoms with van der Waals surface area (Å²) >= 11 is 0. The lowest BCUT2D eigenvalue weighted by Gasteiger charge is -2.32. The first kappa shape index (κ1) is 16.0. The van der Waals surface area contributed by atoms with Crippen molar-refractivity contribution in [2.24, 2.45) is 17.3 Å². The zero-order chi connectivity index (χ0) is 14.6. The maximum absolute atomic E-state index is 12.5. The van der Waals surface area contributed by atoms with Crippen LogP contribution in [0.1, 0.15) is 40.5 Å². The highest BCUT2D eigenvalue weighted by molar-refractivity contribution is 5.88. The molecule has 3 N–H and O–H groups in total. The number of nitrogens with one attached hydrogen (secondary N) is 2. The Morgan fingerprint density at radius 3 is 2.32 bits per heavy atom. The molecule has 1 rings (SSSR count). The van der Waals surface area contributed by atoms with Crippen LogP contribution >= 0.6 is 0 Å². The van der Waals surface area contributed by atoms with Crippen molar-refractivity contribution in [2.75, 3.05) is 13.1 Å². The first-order chi connectivity index (χ1) is 8.79. The first-order valence-corrected chi connectivity index (χ1v) is 7.04. The largest absolute Gasteiger partial charge is 0.480 e. The molecular weight excluding hydrogens is 244 g/mol. The molecule has 0 bridgehead atoms. The summed E-state index contributed by atoms with van der Waals surface area (Å²) in [6.07, 6.45) is 1.23. The van der Waals surface area contributed by atoms with Gasteiger partial charge < -0.3 is 15.7 Å². The highest BCUT2D eigenvalue weighted by Gasteiger charge is 2.44. The van der Waals surface area contributed by atoms with E-state index in [1.807, 2.05) is 27.7 Å².